The van der Waals surface area contributed by atoms with E-state index in [1.54, 1.807) is 6.92 Å². The van der Waals surface area contributed by atoms with E-state index >= 15 is 0 Å². The van der Waals surface area contributed by atoms with Crippen molar-refractivity contribution in [2.75, 3.05) is 33.2 Å². The Morgan fingerprint density at radius 2 is 1.82 bits per heavy atom. The van der Waals surface area contributed by atoms with Crippen LogP contribution >= 0.6 is 0 Å². The maximum atomic E-state index is 13.0. The average molecular weight is 253 g/mol. The number of nitrogens with zero attached hydrogens (tertiary/aromatic N) is 2. The highest BCUT2D eigenvalue weighted by atomic mass is 19.4. The first-order valence-corrected chi connectivity index (χ1v) is 6.11. The molecule has 2 atom stereocenters. The number of halogens is 3. The molecule has 0 aromatic carbocycles. The molecule has 1 saturated heterocycles. The normalized spacial score (nSPS) is 24.4. The Morgan fingerprint density at radius 3 is 2.35 bits per heavy atom. The Labute approximate surface area is 101 Å². The maximum Gasteiger partial charge on any atom is 0.405 e. The van der Waals surface area contributed by atoms with E-state index in [1.165, 1.54) is 4.90 Å². The second-order valence-corrected chi connectivity index (χ2v) is 4.75. The Bertz CT molecular complexity index is 232. The highest BCUT2D eigenvalue weighted by molar-refractivity contribution is 4.88. The van der Waals surface area contributed by atoms with Crippen LogP contribution in [0.25, 0.3) is 0 Å². The first-order chi connectivity index (χ1) is 7.86. The molecular formula is C11H22F3N3. The van der Waals surface area contributed by atoms with Crippen LogP contribution in [0.1, 0.15) is 19.8 Å². The summed E-state index contributed by atoms with van der Waals surface area (Å²) in [6.45, 7) is 4.13. The highest BCUT2D eigenvalue weighted by Crippen LogP contribution is 2.28. The highest BCUT2D eigenvalue weighted by Gasteiger charge is 2.46. The molecule has 2 N–H and O–H groups in total. The topological polar surface area (TPSA) is 32.5 Å². The summed E-state index contributed by atoms with van der Waals surface area (Å²) in [5.41, 5.74) is 5.64. The molecule has 6 heteroatoms. The van der Waals surface area contributed by atoms with Gasteiger partial charge < -0.3 is 10.6 Å². The number of hydrogen-bond acceptors (Lipinski definition) is 3. The van der Waals surface area contributed by atoms with Crippen LogP contribution < -0.4 is 5.73 Å². The van der Waals surface area contributed by atoms with Gasteiger partial charge >= 0.3 is 6.18 Å². The molecule has 0 saturated carbocycles. The first kappa shape index (κ1) is 14.7. The van der Waals surface area contributed by atoms with Gasteiger partial charge in [-0.25, -0.2) is 0 Å². The van der Waals surface area contributed by atoms with E-state index in [4.69, 9.17) is 5.73 Å². The summed E-state index contributed by atoms with van der Waals surface area (Å²) in [7, 11) is 1.94. The molecule has 17 heavy (non-hydrogen) atoms. The molecular weight excluding hydrogens is 231 g/mol. The van der Waals surface area contributed by atoms with Crippen molar-refractivity contribution in [1.29, 1.82) is 0 Å². The number of hydrogen-bond donors (Lipinski definition) is 1. The standard InChI is InChI=1S/C11H22F3N3/c1-3-9(15)10(11(12,13)14)17-6-4-5-16(2)7-8-17/h9-10H,3-8,15H2,1-2H3. The van der Waals surface area contributed by atoms with Gasteiger partial charge in [-0.05, 0) is 26.4 Å². The van der Waals surface area contributed by atoms with E-state index in [1.807, 2.05) is 7.05 Å². The number of rotatable bonds is 3. The van der Waals surface area contributed by atoms with E-state index in [2.05, 4.69) is 4.90 Å². The van der Waals surface area contributed by atoms with Crippen molar-refractivity contribution in [3.8, 4) is 0 Å². The molecule has 0 spiro atoms. The molecule has 0 bridgehead atoms. The fourth-order valence-electron chi connectivity index (χ4n) is 2.29. The Kier molecular flexibility index (Phi) is 5.22. The lowest BCUT2D eigenvalue weighted by molar-refractivity contribution is -0.189. The zero-order chi connectivity index (χ0) is 13.1. The summed E-state index contributed by atoms with van der Waals surface area (Å²) >= 11 is 0. The molecule has 102 valence electrons. The van der Waals surface area contributed by atoms with E-state index < -0.39 is 18.3 Å². The molecule has 3 nitrogen and oxygen atoms in total. The molecule has 1 fully saturated rings. The van der Waals surface area contributed by atoms with Crippen molar-refractivity contribution in [1.82, 2.24) is 9.80 Å². The van der Waals surface area contributed by atoms with Crippen molar-refractivity contribution >= 4 is 0 Å². The van der Waals surface area contributed by atoms with Crippen LogP contribution in [-0.4, -0.2) is 61.3 Å². The van der Waals surface area contributed by atoms with Crippen molar-refractivity contribution in [3.05, 3.63) is 0 Å². The minimum atomic E-state index is -4.24. The van der Waals surface area contributed by atoms with Gasteiger partial charge in [-0.1, -0.05) is 6.92 Å². The SMILES string of the molecule is CCC(N)C(N1CCCN(C)CC1)C(F)(F)F. The van der Waals surface area contributed by atoms with Gasteiger partial charge in [-0.15, -0.1) is 0 Å². The van der Waals surface area contributed by atoms with Crippen LogP contribution in [0.2, 0.25) is 0 Å². The van der Waals surface area contributed by atoms with Crippen LogP contribution in [0, 0.1) is 0 Å². The fraction of sp³-hybridized carbons (Fsp3) is 1.00. The molecule has 1 aliphatic rings. The van der Waals surface area contributed by atoms with Gasteiger partial charge in [0, 0.05) is 25.7 Å². The molecule has 0 aromatic rings. The molecule has 1 heterocycles. The van der Waals surface area contributed by atoms with Gasteiger partial charge in [-0.2, -0.15) is 13.2 Å². The molecule has 0 radical (unpaired) electrons. The van der Waals surface area contributed by atoms with Crippen molar-refractivity contribution in [3.63, 3.8) is 0 Å². The summed E-state index contributed by atoms with van der Waals surface area (Å²) in [6, 6.07) is -2.34. The Hall–Kier alpha value is -0.330. The molecule has 1 rings (SSSR count). The maximum absolute atomic E-state index is 13.0. The minimum absolute atomic E-state index is 0.344. The number of likely N-dealkylation sites (N-methyl/N-ethyl adjacent to an activating group) is 1. The monoisotopic (exact) mass is 253 g/mol. The summed E-state index contributed by atoms with van der Waals surface area (Å²) in [4.78, 5) is 3.56. The second kappa shape index (κ2) is 6.02. The van der Waals surface area contributed by atoms with Crippen LogP contribution in [0.4, 0.5) is 13.2 Å². The van der Waals surface area contributed by atoms with Crippen LogP contribution in [0.15, 0.2) is 0 Å². The molecule has 0 aliphatic carbocycles. The van der Waals surface area contributed by atoms with Crippen molar-refractivity contribution < 1.29 is 13.2 Å². The minimum Gasteiger partial charge on any atom is -0.326 e. The second-order valence-electron chi connectivity index (χ2n) is 4.75. The van der Waals surface area contributed by atoms with Crippen LogP contribution in [-0.2, 0) is 0 Å². The number of alkyl halides is 3. The van der Waals surface area contributed by atoms with Gasteiger partial charge in [0.2, 0.25) is 0 Å². The molecule has 0 amide bonds. The summed E-state index contributed by atoms with van der Waals surface area (Å²) < 4.78 is 39.1. The van der Waals surface area contributed by atoms with E-state index in [-0.39, 0.29) is 0 Å². The molecule has 0 aromatic heterocycles. The van der Waals surface area contributed by atoms with Crippen LogP contribution in [0.5, 0.6) is 0 Å². The van der Waals surface area contributed by atoms with Crippen molar-refractivity contribution in [2.45, 2.75) is 38.0 Å². The van der Waals surface area contributed by atoms with Crippen molar-refractivity contribution in [2.24, 2.45) is 5.73 Å². The van der Waals surface area contributed by atoms with Gasteiger partial charge in [0.1, 0.15) is 6.04 Å². The van der Waals surface area contributed by atoms with E-state index in [0.717, 1.165) is 13.0 Å². The van der Waals surface area contributed by atoms with Gasteiger partial charge in [0.25, 0.3) is 0 Å². The van der Waals surface area contributed by atoms with E-state index in [9.17, 15) is 13.2 Å². The first-order valence-electron chi connectivity index (χ1n) is 6.11. The fourth-order valence-corrected chi connectivity index (χ4v) is 2.29. The lowest BCUT2D eigenvalue weighted by Gasteiger charge is -2.35. The third-order valence-corrected chi connectivity index (χ3v) is 3.36. The average Bonchev–Trinajstić information content (AvgIpc) is 2.42. The van der Waals surface area contributed by atoms with Crippen LogP contribution in [0.3, 0.4) is 0 Å². The van der Waals surface area contributed by atoms with Gasteiger partial charge in [0.15, 0.2) is 0 Å². The third-order valence-electron chi connectivity index (χ3n) is 3.36. The third kappa shape index (κ3) is 4.12. The summed E-state index contributed by atoms with van der Waals surface area (Å²) in [6.07, 6.45) is -3.13. The lowest BCUT2D eigenvalue weighted by atomic mass is 10.0. The largest absolute Gasteiger partial charge is 0.405 e. The van der Waals surface area contributed by atoms with Gasteiger partial charge in [0.05, 0.1) is 0 Å². The molecule has 1 aliphatic heterocycles. The van der Waals surface area contributed by atoms with Gasteiger partial charge in [-0.3, -0.25) is 4.90 Å². The summed E-state index contributed by atoms with van der Waals surface area (Å²) in [5.74, 6) is 0. The predicted molar refractivity (Wildman–Crippen MR) is 61.8 cm³/mol. The Morgan fingerprint density at radius 1 is 1.18 bits per heavy atom. The lowest BCUT2D eigenvalue weighted by Crippen LogP contribution is -2.56. The van der Waals surface area contributed by atoms with E-state index in [0.29, 0.717) is 26.1 Å². The predicted octanol–water partition coefficient (Wildman–Crippen LogP) is 1.29. The summed E-state index contributed by atoms with van der Waals surface area (Å²) in [5, 5.41) is 0. The zero-order valence-electron chi connectivity index (χ0n) is 10.5. The number of nitrogens with two attached hydrogens (primary N) is 1. The zero-order valence-corrected chi connectivity index (χ0v) is 10.5. The smallest absolute Gasteiger partial charge is 0.326 e. The Balaban J connectivity index is 2.75. The molecule has 2 unspecified atom stereocenters. The quantitative estimate of drug-likeness (QED) is 0.822.